The summed E-state index contributed by atoms with van der Waals surface area (Å²) in [6, 6.07) is 6.28. The van der Waals surface area contributed by atoms with Crippen molar-refractivity contribution in [2.75, 3.05) is 4.90 Å². The fraction of sp³-hybridized carbons (Fsp3) is 0.143. The zero-order chi connectivity index (χ0) is 22.6. The lowest BCUT2D eigenvalue weighted by molar-refractivity contribution is 0.0996. The van der Waals surface area contributed by atoms with Crippen molar-refractivity contribution < 1.29 is 26.8 Å². The summed E-state index contributed by atoms with van der Waals surface area (Å²) < 4.78 is 60.7. The van der Waals surface area contributed by atoms with Crippen LogP contribution in [0.4, 0.5) is 23.2 Å². The summed E-state index contributed by atoms with van der Waals surface area (Å²) >= 11 is 0. The van der Waals surface area contributed by atoms with E-state index in [1.54, 1.807) is 13.2 Å². The number of carbonyl (C=O) groups excluding carboxylic acids is 1. The minimum Gasteiger partial charge on any atom is -0.415 e. The maximum absolute atomic E-state index is 14.9. The summed E-state index contributed by atoms with van der Waals surface area (Å²) in [6.45, 7) is -0.0920. The molecule has 162 valence electrons. The first-order chi connectivity index (χ1) is 15.3. The van der Waals surface area contributed by atoms with Crippen molar-refractivity contribution in [3.05, 3.63) is 71.4 Å². The van der Waals surface area contributed by atoms with Crippen molar-refractivity contribution >= 4 is 11.6 Å². The summed E-state index contributed by atoms with van der Waals surface area (Å²) in [5.41, 5.74) is 1.52. The molecule has 0 bridgehead atoms. The van der Waals surface area contributed by atoms with Crippen molar-refractivity contribution in [3.63, 3.8) is 0 Å². The van der Waals surface area contributed by atoms with Gasteiger partial charge in [-0.15, -0.1) is 10.2 Å². The molecule has 2 aromatic carbocycles. The molecule has 1 aliphatic rings. The van der Waals surface area contributed by atoms with Gasteiger partial charge in [-0.1, -0.05) is 0 Å². The zero-order valence-corrected chi connectivity index (χ0v) is 16.4. The molecule has 0 saturated carbocycles. The molecule has 1 amide bonds. The fourth-order valence-corrected chi connectivity index (χ4v) is 3.66. The molecule has 0 unspecified atom stereocenters. The highest BCUT2D eigenvalue weighted by Crippen LogP contribution is 2.38. The molecule has 7 nitrogen and oxygen atoms in total. The number of aryl methyl sites for hydroxylation is 1. The lowest BCUT2D eigenvalue weighted by Crippen LogP contribution is -2.23. The van der Waals surface area contributed by atoms with Crippen LogP contribution in [0.15, 0.2) is 47.1 Å². The van der Waals surface area contributed by atoms with Crippen LogP contribution in [0.2, 0.25) is 0 Å². The molecular formula is C21H13F4N5O2. The van der Waals surface area contributed by atoms with E-state index in [0.29, 0.717) is 16.8 Å². The normalized spacial score (nSPS) is 13.3. The SMILES string of the molecule is Cn1cc(-c2cc(F)ccc2N2Cc3c(F)cc(-c4nnc(C(F)F)o4)cc3C2=O)cn1. The average Bonchev–Trinajstić information content (AvgIpc) is 3.48. The Labute approximate surface area is 177 Å². The van der Waals surface area contributed by atoms with E-state index < -0.39 is 29.9 Å². The summed E-state index contributed by atoms with van der Waals surface area (Å²) in [5, 5.41) is 10.8. The number of hydrogen-bond donors (Lipinski definition) is 0. The monoisotopic (exact) mass is 443 g/mol. The van der Waals surface area contributed by atoms with Gasteiger partial charge in [0, 0.05) is 41.1 Å². The number of rotatable bonds is 4. The topological polar surface area (TPSA) is 77.0 Å². The Bertz CT molecular complexity index is 1360. The van der Waals surface area contributed by atoms with E-state index in [1.165, 1.54) is 40.0 Å². The second kappa shape index (κ2) is 7.29. The van der Waals surface area contributed by atoms with Gasteiger partial charge >= 0.3 is 6.43 Å². The minimum absolute atomic E-state index is 0.00226. The van der Waals surface area contributed by atoms with Gasteiger partial charge in [0.1, 0.15) is 11.6 Å². The molecular weight excluding hydrogens is 430 g/mol. The largest absolute Gasteiger partial charge is 0.415 e. The average molecular weight is 443 g/mol. The number of halogens is 4. The number of anilines is 1. The first kappa shape index (κ1) is 19.9. The molecule has 0 saturated heterocycles. The van der Waals surface area contributed by atoms with E-state index in [1.807, 2.05) is 0 Å². The molecule has 5 rings (SSSR count). The van der Waals surface area contributed by atoms with Gasteiger partial charge in [-0.25, -0.2) is 8.78 Å². The maximum Gasteiger partial charge on any atom is 0.314 e. The molecule has 0 aliphatic carbocycles. The number of hydrogen-bond acceptors (Lipinski definition) is 5. The third-order valence-corrected chi connectivity index (χ3v) is 5.13. The third kappa shape index (κ3) is 3.22. The van der Waals surface area contributed by atoms with Crippen LogP contribution in [0.25, 0.3) is 22.6 Å². The highest BCUT2D eigenvalue weighted by Gasteiger charge is 2.34. The molecule has 0 atom stereocenters. The Morgan fingerprint density at radius 2 is 1.88 bits per heavy atom. The number of carbonyl (C=O) groups is 1. The van der Waals surface area contributed by atoms with Crippen LogP contribution >= 0.6 is 0 Å². The number of fused-ring (bicyclic) bond motifs is 1. The first-order valence-corrected chi connectivity index (χ1v) is 9.36. The summed E-state index contributed by atoms with van der Waals surface area (Å²) in [4.78, 5) is 14.5. The zero-order valence-electron chi connectivity index (χ0n) is 16.4. The van der Waals surface area contributed by atoms with Crippen molar-refractivity contribution in [2.24, 2.45) is 7.05 Å². The summed E-state index contributed by atoms with van der Waals surface area (Å²) in [6.07, 6.45) is 0.221. The maximum atomic E-state index is 14.9. The molecule has 11 heteroatoms. The van der Waals surface area contributed by atoms with Crippen molar-refractivity contribution in [1.29, 1.82) is 0 Å². The molecule has 32 heavy (non-hydrogen) atoms. The second-order valence-corrected chi connectivity index (χ2v) is 7.19. The van der Waals surface area contributed by atoms with Crippen LogP contribution in [0.5, 0.6) is 0 Å². The standard InChI is InChI=1S/C21H13F4N5O2/c1-29-8-11(7-26-29)13-6-12(22)2-3-17(13)30-9-15-14(21(30)31)4-10(5-16(15)23)19-27-28-20(32-19)18(24)25/h2-8,18H,9H2,1H3. The molecule has 1 aliphatic heterocycles. The number of benzene rings is 2. The van der Waals surface area contributed by atoms with Crippen LogP contribution in [0.3, 0.4) is 0 Å². The van der Waals surface area contributed by atoms with Gasteiger partial charge in [0.05, 0.1) is 18.4 Å². The first-order valence-electron chi connectivity index (χ1n) is 9.36. The van der Waals surface area contributed by atoms with E-state index in [0.717, 1.165) is 6.07 Å². The van der Waals surface area contributed by atoms with E-state index in [9.17, 15) is 22.4 Å². The van der Waals surface area contributed by atoms with Crippen LogP contribution in [-0.2, 0) is 13.6 Å². The Morgan fingerprint density at radius 3 is 2.56 bits per heavy atom. The quantitative estimate of drug-likeness (QED) is 0.434. The Morgan fingerprint density at radius 1 is 1.06 bits per heavy atom. The predicted octanol–water partition coefficient (Wildman–Crippen LogP) is 4.51. The molecule has 3 heterocycles. The van der Waals surface area contributed by atoms with Gasteiger partial charge in [-0.3, -0.25) is 9.48 Å². The summed E-state index contributed by atoms with van der Waals surface area (Å²) in [7, 11) is 1.70. The van der Waals surface area contributed by atoms with E-state index in [2.05, 4.69) is 15.3 Å². The lowest BCUT2D eigenvalue weighted by atomic mass is 10.1. The van der Waals surface area contributed by atoms with Gasteiger partial charge in [0.25, 0.3) is 11.8 Å². The van der Waals surface area contributed by atoms with Gasteiger partial charge in [0.15, 0.2) is 0 Å². The molecule has 0 radical (unpaired) electrons. The highest BCUT2D eigenvalue weighted by molar-refractivity contribution is 6.12. The Balaban J connectivity index is 1.56. The van der Waals surface area contributed by atoms with E-state index in [4.69, 9.17) is 4.42 Å². The van der Waals surface area contributed by atoms with E-state index in [-0.39, 0.29) is 29.1 Å². The minimum atomic E-state index is -2.97. The fourth-order valence-electron chi connectivity index (χ4n) is 3.66. The molecule has 4 aromatic rings. The number of aromatic nitrogens is 4. The van der Waals surface area contributed by atoms with Crippen LogP contribution in [0.1, 0.15) is 28.2 Å². The van der Waals surface area contributed by atoms with Gasteiger partial charge < -0.3 is 9.32 Å². The summed E-state index contributed by atoms with van der Waals surface area (Å²) in [5.74, 6) is -3.00. The van der Waals surface area contributed by atoms with Crippen molar-refractivity contribution in [2.45, 2.75) is 13.0 Å². The number of alkyl halides is 2. The third-order valence-electron chi connectivity index (χ3n) is 5.13. The van der Waals surface area contributed by atoms with Crippen molar-refractivity contribution in [3.8, 4) is 22.6 Å². The lowest BCUT2D eigenvalue weighted by Gasteiger charge is -2.19. The van der Waals surface area contributed by atoms with Crippen molar-refractivity contribution in [1.82, 2.24) is 20.0 Å². The molecule has 0 fully saturated rings. The smallest absolute Gasteiger partial charge is 0.314 e. The highest BCUT2D eigenvalue weighted by atomic mass is 19.3. The van der Waals surface area contributed by atoms with Gasteiger partial charge in [0.2, 0.25) is 5.89 Å². The second-order valence-electron chi connectivity index (χ2n) is 7.19. The number of amides is 1. The molecule has 2 aromatic heterocycles. The van der Waals surface area contributed by atoms with E-state index >= 15 is 0 Å². The van der Waals surface area contributed by atoms with Crippen LogP contribution in [0, 0.1) is 11.6 Å². The van der Waals surface area contributed by atoms with Gasteiger partial charge in [-0.05, 0) is 30.3 Å². The van der Waals surface area contributed by atoms with Gasteiger partial charge in [-0.2, -0.15) is 13.9 Å². The molecule has 0 spiro atoms. The Hall–Kier alpha value is -4.02. The Kier molecular flexibility index (Phi) is 4.54. The van der Waals surface area contributed by atoms with Crippen LogP contribution < -0.4 is 4.90 Å². The van der Waals surface area contributed by atoms with Crippen LogP contribution in [-0.4, -0.2) is 25.9 Å². The molecule has 0 N–H and O–H groups in total. The predicted molar refractivity (Wildman–Crippen MR) is 104 cm³/mol. The number of nitrogens with zero attached hydrogens (tertiary/aromatic N) is 5.